The van der Waals surface area contributed by atoms with Crippen LogP contribution >= 0.6 is 0 Å². The lowest BCUT2D eigenvalue weighted by Crippen LogP contribution is -2.18. The van der Waals surface area contributed by atoms with Crippen LogP contribution in [0.2, 0.25) is 0 Å². The van der Waals surface area contributed by atoms with Crippen molar-refractivity contribution >= 4 is 0 Å². The molecular formula is C17H18NO+. The Morgan fingerprint density at radius 1 is 0.895 bits per heavy atom. The Morgan fingerprint density at radius 3 is 1.84 bits per heavy atom. The number of phenols is 1. The Morgan fingerprint density at radius 2 is 1.37 bits per heavy atom. The Hall–Kier alpha value is -2.27. The molecule has 0 heterocycles. The smallest absolute Gasteiger partial charge is 0.310 e. The van der Waals surface area contributed by atoms with E-state index in [2.05, 4.69) is 36.9 Å². The second-order valence-corrected chi connectivity index (χ2v) is 5.08. The van der Waals surface area contributed by atoms with Gasteiger partial charge in [0.15, 0.2) is 0 Å². The summed E-state index contributed by atoms with van der Waals surface area (Å²) < 4.78 is 0. The molecule has 0 atom stereocenters. The van der Waals surface area contributed by atoms with Gasteiger partial charge in [0.25, 0.3) is 7.05 Å². The molecule has 2 aromatic rings. The summed E-state index contributed by atoms with van der Waals surface area (Å²) in [6.45, 7) is 4.35. The molecule has 2 nitrogen and oxygen atoms in total. The number of nitrogens with zero attached hydrogens (tertiary/aromatic N) is 1. The van der Waals surface area contributed by atoms with Gasteiger partial charge in [0.05, 0.1) is 0 Å². The third kappa shape index (κ3) is 2.77. The molecule has 2 rings (SSSR count). The summed E-state index contributed by atoms with van der Waals surface area (Å²) in [6.07, 6.45) is 0. The highest BCUT2D eigenvalue weighted by Gasteiger charge is 2.22. The Kier molecular flexibility index (Phi) is 3.57. The largest absolute Gasteiger partial charge is 0.508 e. The van der Waals surface area contributed by atoms with Crippen molar-refractivity contribution in [3.8, 4) is 11.8 Å². The van der Waals surface area contributed by atoms with Crippen LogP contribution in [0.3, 0.4) is 0 Å². The van der Waals surface area contributed by atoms with Crippen LogP contribution in [0.15, 0.2) is 48.5 Å². The molecule has 1 N–H and O–H groups in total. The van der Waals surface area contributed by atoms with Crippen molar-refractivity contribution in [3.05, 3.63) is 70.1 Å². The number of aromatic hydroxyl groups is 1. The first-order valence-corrected chi connectivity index (χ1v) is 6.29. The average Bonchev–Trinajstić information content (AvgIpc) is 2.40. The molecule has 0 aliphatic carbocycles. The molecule has 19 heavy (non-hydrogen) atoms. The van der Waals surface area contributed by atoms with Crippen molar-refractivity contribution in [2.75, 3.05) is 7.05 Å². The maximum atomic E-state index is 9.37. The van der Waals surface area contributed by atoms with Crippen LogP contribution in [-0.4, -0.2) is 12.2 Å². The van der Waals surface area contributed by atoms with E-state index in [4.69, 9.17) is 0 Å². The van der Waals surface area contributed by atoms with Crippen LogP contribution in [0.5, 0.6) is 5.75 Å². The van der Waals surface area contributed by atoms with E-state index in [9.17, 15) is 5.11 Å². The van der Waals surface area contributed by atoms with Crippen molar-refractivity contribution in [1.82, 2.24) is 0 Å². The molecule has 0 amide bonds. The number of hydrogen-bond acceptors (Lipinski definition) is 1. The van der Waals surface area contributed by atoms with Crippen molar-refractivity contribution in [1.29, 1.82) is 0 Å². The Labute approximate surface area is 114 Å². The van der Waals surface area contributed by atoms with E-state index in [0.717, 1.165) is 5.56 Å². The molecule has 0 aliphatic heterocycles. The molecule has 0 saturated heterocycles. The summed E-state index contributed by atoms with van der Waals surface area (Å²) in [5.74, 6) is 0.295. The third-order valence-electron chi connectivity index (χ3n) is 3.44. The minimum atomic E-state index is -0.102. The molecule has 2 heteroatoms. The molecule has 0 radical (unpaired) electrons. The van der Waals surface area contributed by atoms with Crippen LogP contribution in [0.1, 0.15) is 30.5 Å². The number of rotatable bonds is 2. The standard InChI is InChI=1S/C17H17NO/c1-17(2,15-8-10-16(19)11-9-15)14-6-4-13(5-7-14)12-18-3/h4-11H,1-3H3/p+1. The lowest BCUT2D eigenvalue weighted by atomic mass is 9.78. The highest BCUT2D eigenvalue weighted by Crippen LogP contribution is 2.32. The van der Waals surface area contributed by atoms with Gasteiger partial charge in [-0.1, -0.05) is 43.0 Å². The van der Waals surface area contributed by atoms with E-state index < -0.39 is 0 Å². The molecule has 0 unspecified atom stereocenters. The lowest BCUT2D eigenvalue weighted by molar-refractivity contribution is 0.474. The van der Waals surface area contributed by atoms with Gasteiger partial charge in [0.2, 0.25) is 0 Å². The zero-order valence-electron chi connectivity index (χ0n) is 11.5. The minimum absolute atomic E-state index is 0.102. The first kappa shape index (κ1) is 13.2. The van der Waals surface area contributed by atoms with Gasteiger partial charge >= 0.3 is 6.07 Å². The second kappa shape index (κ2) is 5.16. The summed E-state index contributed by atoms with van der Waals surface area (Å²) >= 11 is 0. The fraction of sp³-hybridized carbons (Fsp3) is 0.235. The molecule has 96 valence electrons. The first-order chi connectivity index (χ1) is 9.04. The van der Waals surface area contributed by atoms with Gasteiger partial charge < -0.3 is 5.11 Å². The molecule has 0 bridgehead atoms. The summed E-state index contributed by atoms with van der Waals surface area (Å²) in [4.78, 5) is 3.89. The predicted molar refractivity (Wildman–Crippen MR) is 78.9 cm³/mol. The second-order valence-electron chi connectivity index (χ2n) is 5.08. The first-order valence-electron chi connectivity index (χ1n) is 6.29. The maximum Gasteiger partial charge on any atom is 0.310 e. The third-order valence-corrected chi connectivity index (χ3v) is 3.44. The summed E-state index contributed by atoms with van der Waals surface area (Å²) in [5.41, 5.74) is 3.27. The predicted octanol–water partition coefficient (Wildman–Crippen LogP) is 4.03. The van der Waals surface area contributed by atoms with Crippen molar-refractivity contribution in [2.45, 2.75) is 19.3 Å². The van der Waals surface area contributed by atoms with Gasteiger partial charge in [-0.15, -0.1) is 0 Å². The van der Waals surface area contributed by atoms with Crippen molar-refractivity contribution in [2.24, 2.45) is 0 Å². The highest BCUT2D eigenvalue weighted by molar-refractivity contribution is 5.42. The zero-order valence-corrected chi connectivity index (χ0v) is 11.5. The Bertz CT molecular complexity index is 613. The van der Waals surface area contributed by atoms with E-state index >= 15 is 0 Å². The van der Waals surface area contributed by atoms with E-state index in [0.29, 0.717) is 5.75 Å². The van der Waals surface area contributed by atoms with Crippen LogP contribution < -0.4 is 0 Å². The van der Waals surface area contributed by atoms with Gasteiger partial charge in [-0.3, -0.25) is 0 Å². The quantitative estimate of drug-likeness (QED) is 0.857. The molecule has 0 spiro atoms. The SMILES string of the molecule is C[N+]#Cc1ccc(C(C)(C)c2ccc(O)cc2)cc1. The van der Waals surface area contributed by atoms with Gasteiger partial charge in [-0.2, -0.15) is 0 Å². The minimum Gasteiger partial charge on any atom is -0.508 e. The summed E-state index contributed by atoms with van der Waals surface area (Å²) in [6, 6.07) is 18.5. The van der Waals surface area contributed by atoms with Gasteiger partial charge in [0.1, 0.15) is 11.3 Å². The van der Waals surface area contributed by atoms with Crippen LogP contribution in [0.25, 0.3) is 4.85 Å². The van der Waals surface area contributed by atoms with Gasteiger partial charge in [0, 0.05) is 5.41 Å². The van der Waals surface area contributed by atoms with E-state index in [1.807, 2.05) is 24.3 Å². The van der Waals surface area contributed by atoms with Crippen LogP contribution in [0, 0.1) is 6.07 Å². The topological polar surface area (TPSA) is 24.6 Å². The Balaban J connectivity index is 2.37. The number of phenolic OH excluding ortho intramolecular Hbond substituents is 1. The summed E-state index contributed by atoms with van der Waals surface area (Å²) in [5, 5.41) is 9.37. The molecule has 2 aromatic carbocycles. The fourth-order valence-electron chi connectivity index (χ4n) is 2.14. The van der Waals surface area contributed by atoms with Gasteiger partial charge in [-0.25, -0.2) is 0 Å². The van der Waals surface area contributed by atoms with E-state index in [1.165, 1.54) is 11.1 Å². The van der Waals surface area contributed by atoms with Crippen LogP contribution in [-0.2, 0) is 5.41 Å². The van der Waals surface area contributed by atoms with Crippen molar-refractivity contribution in [3.63, 3.8) is 0 Å². The average molecular weight is 252 g/mol. The monoisotopic (exact) mass is 252 g/mol. The molecule has 0 aliphatic rings. The van der Waals surface area contributed by atoms with Crippen LogP contribution in [0.4, 0.5) is 0 Å². The molecular weight excluding hydrogens is 234 g/mol. The van der Waals surface area contributed by atoms with Gasteiger partial charge in [-0.05, 0) is 35.4 Å². The van der Waals surface area contributed by atoms with E-state index in [-0.39, 0.29) is 5.41 Å². The molecule has 0 aromatic heterocycles. The number of benzene rings is 2. The van der Waals surface area contributed by atoms with Crippen molar-refractivity contribution < 1.29 is 5.11 Å². The number of hydrogen-bond donors (Lipinski definition) is 1. The highest BCUT2D eigenvalue weighted by atomic mass is 16.3. The summed E-state index contributed by atoms with van der Waals surface area (Å²) in [7, 11) is 1.72. The normalized spacial score (nSPS) is 10.7. The maximum absolute atomic E-state index is 9.37. The zero-order chi connectivity index (χ0) is 13.9. The lowest BCUT2D eigenvalue weighted by Gasteiger charge is -2.26. The fourth-order valence-corrected chi connectivity index (χ4v) is 2.14. The van der Waals surface area contributed by atoms with E-state index in [1.54, 1.807) is 19.2 Å². The molecule has 0 fully saturated rings. The molecule has 0 saturated carbocycles.